The Morgan fingerprint density at radius 3 is 2.42 bits per heavy atom. The van der Waals surface area contributed by atoms with Crippen LogP contribution in [-0.4, -0.2) is 45.8 Å². The van der Waals surface area contributed by atoms with E-state index in [1.807, 2.05) is 36.4 Å². The number of rotatable bonds is 6. The lowest BCUT2D eigenvalue weighted by Gasteiger charge is -2.19. The molecule has 0 aliphatic heterocycles. The van der Waals surface area contributed by atoms with Crippen LogP contribution in [0.15, 0.2) is 66.7 Å². The number of hydrogen-bond donors (Lipinski definition) is 5. The molecular weight excluding hydrogens is 420 g/mol. The smallest absolute Gasteiger partial charge is 0.407 e. The van der Waals surface area contributed by atoms with Gasteiger partial charge in [-0.15, -0.1) is 0 Å². The lowest BCUT2D eigenvalue weighted by atomic mass is 9.98. The molecule has 33 heavy (non-hydrogen) atoms. The SMILES string of the molecule is Nc1n[nH]c2cc(C(O)C(O)CNC(=O)OCC3c4ccccc4-c4ccccc43)ccc12. The number of benzene rings is 3. The molecule has 0 radical (unpaired) electrons. The van der Waals surface area contributed by atoms with Crippen LogP contribution in [0, 0.1) is 0 Å². The Labute approximate surface area is 190 Å². The number of nitrogen functional groups attached to an aromatic ring is 1. The van der Waals surface area contributed by atoms with Gasteiger partial charge in [-0.25, -0.2) is 4.79 Å². The van der Waals surface area contributed by atoms with E-state index in [0.29, 0.717) is 16.9 Å². The Morgan fingerprint density at radius 2 is 1.73 bits per heavy atom. The highest BCUT2D eigenvalue weighted by atomic mass is 16.5. The minimum Gasteiger partial charge on any atom is -0.449 e. The Morgan fingerprint density at radius 1 is 1.06 bits per heavy atom. The quantitative estimate of drug-likeness (QED) is 0.310. The molecular formula is C25H24N4O4. The van der Waals surface area contributed by atoms with Crippen molar-refractivity contribution < 1.29 is 19.7 Å². The van der Waals surface area contributed by atoms with Gasteiger partial charge in [-0.1, -0.05) is 54.6 Å². The molecule has 0 saturated heterocycles. The molecule has 1 aromatic heterocycles. The van der Waals surface area contributed by atoms with Crippen molar-refractivity contribution in [3.05, 3.63) is 83.4 Å². The van der Waals surface area contributed by atoms with E-state index < -0.39 is 18.3 Å². The number of nitrogens with one attached hydrogen (secondary N) is 2. The minimum absolute atomic E-state index is 0.0489. The van der Waals surface area contributed by atoms with E-state index >= 15 is 0 Å². The van der Waals surface area contributed by atoms with Gasteiger partial charge in [0.15, 0.2) is 5.82 Å². The molecule has 2 atom stereocenters. The lowest BCUT2D eigenvalue weighted by Crippen LogP contribution is -2.36. The zero-order valence-electron chi connectivity index (χ0n) is 17.7. The van der Waals surface area contributed by atoms with E-state index in [4.69, 9.17) is 10.5 Å². The van der Waals surface area contributed by atoms with Gasteiger partial charge >= 0.3 is 6.09 Å². The first-order valence-corrected chi connectivity index (χ1v) is 10.7. The number of nitrogens with zero attached hydrogens (tertiary/aromatic N) is 1. The molecule has 1 amide bonds. The Kier molecular flexibility index (Phi) is 5.45. The number of amides is 1. The zero-order valence-corrected chi connectivity index (χ0v) is 17.7. The van der Waals surface area contributed by atoms with Gasteiger partial charge in [0.2, 0.25) is 0 Å². The van der Waals surface area contributed by atoms with Crippen LogP contribution >= 0.6 is 0 Å². The number of alkyl carbamates (subject to hydrolysis) is 1. The van der Waals surface area contributed by atoms with Gasteiger partial charge in [-0.3, -0.25) is 5.10 Å². The second-order valence-corrected chi connectivity index (χ2v) is 8.13. The summed E-state index contributed by atoms with van der Waals surface area (Å²) in [5.41, 5.74) is 11.4. The standard InChI is InChI=1S/C25H24N4O4/c26-24-19-10-9-14(11-21(19)28-29-24)23(31)22(30)12-27-25(32)33-13-20-17-7-3-1-5-15(17)16-6-2-4-8-18(16)20/h1-11,20,22-23,30-31H,12-13H2,(H,27,32)(H3,26,28,29). The van der Waals surface area contributed by atoms with Crippen LogP contribution in [0.25, 0.3) is 22.0 Å². The Balaban J connectivity index is 1.18. The largest absolute Gasteiger partial charge is 0.449 e. The Bertz CT molecular complexity index is 1270. The number of H-pyrrole nitrogens is 1. The van der Waals surface area contributed by atoms with Gasteiger partial charge in [0.25, 0.3) is 0 Å². The number of anilines is 1. The molecule has 0 spiro atoms. The highest BCUT2D eigenvalue weighted by Gasteiger charge is 2.29. The van der Waals surface area contributed by atoms with Gasteiger partial charge < -0.3 is 26.0 Å². The van der Waals surface area contributed by atoms with E-state index in [-0.39, 0.29) is 19.1 Å². The van der Waals surface area contributed by atoms with Crippen molar-refractivity contribution >= 4 is 22.8 Å². The van der Waals surface area contributed by atoms with E-state index in [2.05, 4.69) is 27.6 Å². The number of ether oxygens (including phenoxy) is 1. The van der Waals surface area contributed by atoms with Crippen LogP contribution in [0.1, 0.15) is 28.7 Å². The van der Waals surface area contributed by atoms with Crippen LogP contribution in [0.3, 0.4) is 0 Å². The summed E-state index contributed by atoms with van der Waals surface area (Å²) in [5, 5.41) is 30.8. The summed E-state index contributed by atoms with van der Waals surface area (Å²) in [6.45, 7) is 0.0113. The van der Waals surface area contributed by atoms with Crippen LogP contribution in [0.5, 0.6) is 0 Å². The number of aliphatic hydroxyl groups excluding tert-OH is 2. The molecule has 6 N–H and O–H groups in total. The molecule has 0 saturated carbocycles. The van der Waals surface area contributed by atoms with Crippen molar-refractivity contribution in [1.82, 2.24) is 15.5 Å². The molecule has 1 aliphatic carbocycles. The van der Waals surface area contributed by atoms with E-state index in [1.165, 1.54) is 0 Å². The molecule has 8 nitrogen and oxygen atoms in total. The molecule has 4 aromatic rings. The highest BCUT2D eigenvalue weighted by Crippen LogP contribution is 2.44. The predicted octanol–water partition coefficient (Wildman–Crippen LogP) is 3.08. The summed E-state index contributed by atoms with van der Waals surface area (Å²) in [4.78, 5) is 12.3. The molecule has 0 bridgehead atoms. The van der Waals surface area contributed by atoms with Gasteiger partial charge in [0, 0.05) is 17.8 Å². The van der Waals surface area contributed by atoms with E-state index in [9.17, 15) is 15.0 Å². The number of carbonyl (C=O) groups is 1. The predicted molar refractivity (Wildman–Crippen MR) is 125 cm³/mol. The maximum Gasteiger partial charge on any atom is 0.407 e. The fourth-order valence-electron chi connectivity index (χ4n) is 4.41. The normalized spacial score (nSPS) is 14.5. The van der Waals surface area contributed by atoms with Crippen molar-refractivity contribution in [3.63, 3.8) is 0 Å². The maximum atomic E-state index is 12.3. The van der Waals surface area contributed by atoms with Crippen molar-refractivity contribution in [2.24, 2.45) is 0 Å². The van der Waals surface area contributed by atoms with E-state index in [0.717, 1.165) is 27.6 Å². The van der Waals surface area contributed by atoms with Gasteiger partial charge in [0.05, 0.1) is 5.52 Å². The van der Waals surface area contributed by atoms with Gasteiger partial charge in [0.1, 0.15) is 18.8 Å². The first-order valence-electron chi connectivity index (χ1n) is 10.7. The maximum absolute atomic E-state index is 12.3. The number of aromatic amines is 1. The van der Waals surface area contributed by atoms with Crippen molar-refractivity contribution in [2.75, 3.05) is 18.9 Å². The van der Waals surface area contributed by atoms with Crippen molar-refractivity contribution in [3.8, 4) is 11.1 Å². The third-order valence-electron chi connectivity index (χ3n) is 6.12. The number of carbonyl (C=O) groups excluding carboxylic acids is 1. The number of fused-ring (bicyclic) bond motifs is 4. The molecule has 8 heteroatoms. The second kappa shape index (κ2) is 8.57. The van der Waals surface area contributed by atoms with E-state index in [1.54, 1.807) is 18.2 Å². The number of hydrogen-bond acceptors (Lipinski definition) is 6. The molecule has 2 unspecified atom stereocenters. The Hall–Kier alpha value is -3.88. The fourth-order valence-corrected chi connectivity index (χ4v) is 4.41. The average Bonchev–Trinajstić information content (AvgIpc) is 3.38. The van der Waals surface area contributed by atoms with Crippen LogP contribution in [0.2, 0.25) is 0 Å². The zero-order chi connectivity index (χ0) is 22.9. The molecule has 0 fully saturated rings. The summed E-state index contributed by atoms with van der Waals surface area (Å²) in [6.07, 6.45) is -3.07. The topological polar surface area (TPSA) is 133 Å². The van der Waals surface area contributed by atoms with Gasteiger partial charge in [-0.2, -0.15) is 5.10 Å². The summed E-state index contributed by atoms with van der Waals surface area (Å²) in [5.74, 6) is 0.316. The highest BCUT2D eigenvalue weighted by molar-refractivity contribution is 5.89. The molecule has 3 aromatic carbocycles. The minimum atomic E-state index is -1.22. The van der Waals surface area contributed by atoms with Crippen molar-refractivity contribution in [2.45, 2.75) is 18.1 Å². The average molecular weight is 444 g/mol. The monoisotopic (exact) mass is 444 g/mol. The molecule has 5 rings (SSSR count). The van der Waals surface area contributed by atoms with Crippen LogP contribution < -0.4 is 11.1 Å². The number of nitrogens with two attached hydrogens (primary N) is 1. The second-order valence-electron chi connectivity index (χ2n) is 8.13. The molecule has 1 heterocycles. The first-order chi connectivity index (χ1) is 16.0. The molecule has 168 valence electrons. The van der Waals surface area contributed by atoms with Crippen LogP contribution in [0.4, 0.5) is 10.6 Å². The lowest BCUT2D eigenvalue weighted by molar-refractivity contribution is 0.0186. The third kappa shape index (κ3) is 3.90. The summed E-state index contributed by atoms with van der Waals surface area (Å²) < 4.78 is 5.47. The third-order valence-corrected chi connectivity index (χ3v) is 6.12. The number of aliphatic hydroxyl groups is 2. The number of aromatic nitrogens is 2. The fraction of sp³-hybridized carbons (Fsp3) is 0.200. The summed E-state index contributed by atoms with van der Waals surface area (Å²) >= 11 is 0. The van der Waals surface area contributed by atoms with Gasteiger partial charge in [-0.05, 0) is 39.9 Å². The summed E-state index contributed by atoms with van der Waals surface area (Å²) in [6, 6.07) is 21.2. The van der Waals surface area contributed by atoms with Crippen molar-refractivity contribution in [1.29, 1.82) is 0 Å². The van der Waals surface area contributed by atoms with Crippen LogP contribution in [-0.2, 0) is 4.74 Å². The molecule has 1 aliphatic rings. The summed E-state index contributed by atoms with van der Waals surface area (Å²) in [7, 11) is 0. The first kappa shape index (κ1) is 21.0.